The zero-order chi connectivity index (χ0) is 18.6. The smallest absolute Gasteiger partial charge is 0.330 e. The van der Waals surface area contributed by atoms with Crippen LogP contribution in [-0.2, 0) is 25.5 Å². The molecule has 0 saturated heterocycles. The van der Waals surface area contributed by atoms with Crippen LogP contribution in [0.3, 0.4) is 0 Å². The van der Waals surface area contributed by atoms with E-state index in [2.05, 4.69) is 4.98 Å². The van der Waals surface area contributed by atoms with Crippen molar-refractivity contribution in [3.05, 3.63) is 52.1 Å². The van der Waals surface area contributed by atoms with Crippen LogP contribution in [0, 0.1) is 12.8 Å². The number of methoxy groups -OCH3 is 2. The monoisotopic (exact) mass is 348 g/mol. The van der Waals surface area contributed by atoms with Gasteiger partial charge in [-0.25, -0.2) is 14.2 Å². The molecule has 8 nitrogen and oxygen atoms in total. The number of carbonyl (C=O) groups is 2. The van der Waals surface area contributed by atoms with Gasteiger partial charge in [0.25, 0.3) is 0 Å². The molecule has 0 amide bonds. The molecule has 0 fully saturated rings. The fourth-order valence-corrected chi connectivity index (χ4v) is 2.73. The van der Waals surface area contributed by atoms with Gasteiger partial charge in [0, 0.05) is 0 Å². The summed E-state index contributed by atoms with van der Waals surface area (Å²) >= 11 is 0. The molecule has 8 heteroatoms. The molecule has 0 aliphatic heterocycles. The molecule has 0 radical (unpaired) electrons. The van der Waals surface area contributed by atoms with Crippen molar-refractivity contribution in [1.82, 2.24) is 9.55 Å². The summed E-state index contributed by atoms with van der Waals surface area (Å²) in [6.45, 7) is 1.48. The third-order valence-corrected chi connectivity index (χ3v) is 3.98. The minimum absolute atomic E-state index is 0.128. The van der Waals surface area contributed by atoms with Crippen LogP contribution in [-0.4, -0.2) is 40.8 Å². The SMILES string of the molecule is COC(=O)C(Cc1ccccc1)C(C(=O)OC)n1c(O)c(C)[nH]c1=O. The Balaban J connectivity index is 2.56. The van der Waals surface area contributed by atoms with Gasteiger partial charge in [0.05, 0.1) is 25.8 Å². The minimum Gasteiger partial charge on any atom is -0.493 e. The third-order valence-electron chi connectivity index (χ3n) is 3.98. The van der Waals surface area contributed by atoms with E-state index in [-0.39, 0.29) is 12.1 Å². The summed E-state index contributed by atoms with van der Waals surface area (Å²) in [7, 11) is 2.34. The molecule has 0 aliphatic carbocycles. The number of aromatic nitrogens is 2. The van der Waals surface area contributed by atoms with Crippen molar-refractivity contribution in [2.24, 2.45) is 5.92 Å². The first-order valence-corrected chi connectivity index (χ1v) is 7.60. The molecule has 1 aromatic heterocycles. The second-order valence-electron chi connectivity index (χ2n) is 5.54. The zero-order valence-electron chi connectivity index (χ0n) is 14.2. The van der Waals surface area contributed by atoms with Crippen molar-refractivity contribution in [3.8, 4) is 5.88 Å². The van der Waals surface area contributed by atoms with Gasteiger partial charge >= 0.3 is 17.6 Å². The number of aromatic hydroxyl groups is 1. The third kappa shape index (κ3) is 3.73. The summed E-state index contributed by atoms with van der Waals surface area (Å²) in [5, 5.41) is 10.2. The number of benzene rings is 1. The highest BCUT2D eigenvalue weighted by molar-refractivity contribution is 5.83. The fourth-order valence-electron chi connectivity index (χ4n) is 2.73. The van der Waals surface area contributed by atoms with Gasteiger partial charge in [0.2, 0.25) is 5.88 Å². The van der Waals surface area contributed by atoms with Crippen molar-refractivity contribution >= 4 is 11.9 Å². The number of aromatic amines is 1. The van der Waals surface area contributed by atoms with Gasteiger partial charge in [0.15, 0.2) is 6.04 Å². The molecule has 2 N–H and O–H groups in total. The van der Waals surface area contributed by atoms with Crippen LogP contribution in [0.2, 0.25) is 0 Å². The number of carbonyl (C=O) groups excluding carboxylic acids is 2. The highest BCUT2D eigenvalue weighted by Gasteiger charge is 2.39. The van der Waals surface area contributed by atoms with Crippen molar-refractivity contribution in [1.29, 1.82) is 0 Å². The first kappa shape index (κ1) is 18.3. The average molecular weight is 348 g/mol. The first-order valence-electron chi connectivity index (χ1n) is 7.60. The maximum absolute atomic E-state index is 12.4. The lowest BCUT2D eigenvalue weighted by Gasteiger charge is -2.24. The number of aryl methyl sites for hydroxylation is 1. The lowest BCUT2D eigenvalue weighted by atomic mass is 9.91. The molecule has 25 heavy (non-hydrogen) atoms. The minimum atomic E-state index is -1.37. The standard InChI is InChI=1S/C17H20N2O6/c1-10-14(20)19(17(23)18-10)13(16(22)25-3)12(15(21)24-2)9-11-7-5-4-6-8-11/h4-8,12-13,20H,9H2,1-3H3,(H,18,23). The van der Waals surface area contributed by atoms with Gasteiger partial charge in [-0.15, -0.1) is 0 Å². The quantitative estimate of drug-likeness (QED) is 0.752. The van der Waals surface area contributed by atoms with Crippen LogP contribution in [0.4, 0.5) is 0 Å². The molecule has 2 aromatic rings. The Bertz CT molecular complexity index is 808. The average Bonchev–Trinajstić information content (AvgIpc) is 2.87. The fraction of sp³-hybridized carbons (Fsp3) is 0.353. The lowest BCUT2D eigenvalue weighted by Crippen LogP contribution is -2.39. The maximum atomic E-state index is 12.4. The number of nitrogens with zero attached hydrogens (tertiary/aromatic N) is 1. The number of hydrogen-bond acceptors (Lipinski definition) is 6. The van der Waals surface area contributed by atoms with E-state index in [1.807, 2.05) is 6.07 Å². The number of imidazole rings is 1. The number of H-pyrrole nitrogens is 1. The van der Waals surface area contributed by atoms with Gasteiger partial charge < -0.3 is 19.6 Å². The molecule has 2 unspecified atom stereocenters. The van der Waals surface area contributed by atoms with E-state index < -0.39 is 35.5 Å². The Morgan fingerprint density at radius 2 is 1.76 bits per heavy atom. The van der Waals surface area contributed by atoms with E-state index in [9.17, 15) is 19.5 Å². The Hall–Kier alpha value is -3.03. The summed E-state index contributed by atoms with van der Waals surface area (Å²) in [6.07, 6.45) is 0.128. The summed E-state index contributed by atoms with van der Waals surface area (Å²) in [4.78, 5) is 39.3. The Kier molecular flexibility index (Phi) is 5.63. The summed E-state index contributed by atoms with van der Waals surface area (Å²) in [5.41, 5.74) is 0.237. The van der Waals surface area contributed by atoms with Gasteiger partial charge in [-0.05, 0) is 18.9 Å². The van der Waals surface area contributed by atoms with Crippen LogP contribution in [0.15, 0.2) is 35.1 Å². The molecule has 1 aromatic carbocycles. The van der Waals surface area contributed by atoms with Crippen LogP contribution >= 0.6 is 0 Å². The Morgan fingerprint density at radius 1 is 1.16 bits per heavy atom. The molecule has 0 bridgehead atoms. The van der Waals surface area contributed by atoms with Gasteiger partial charge in [0.1, 0.15) is 0 Å². The van der Waals surface area contributed by atoms with Crippen LogP contribution in [0.25, 0.3) is 0 Å². The van der Waals surface area contributed by atoms with E-state index in [0.717, 1.165) is 17.2 Å². The van der Waals surface area contributed by atoms with E-state index >= 15 is 0 Å². The van der Waals surface area contributed by atoms with Gasteiger partial charge in [-0.3, -0.25) is 4.79 Å². The molecular formula is C17H20N2O6. The highest BCUT2D eigenvalue weighted by Crippen LogP contribution is 2.28. The number of nitrogens with one attached hydrogen (secondary N) is 1. The molecule has 2 atom stereocenters. The topological polar surface area (TPSA) is 111 Å². The lowest BCUT2D eigenvalue weighted by molar-refractivity contribution is -0.156. The number of ether oxygens (including phenoxy) is 2. The summed E-state index contributed by atoms with van der Waals surface area (Å²) in [6, 6.07) is 7.61. The highest BCUT2D eigenvalue weighted by atomic mass is 16.5. The van der Waals surface area contributed by atoms with Crippen LogP contribution in [0.5, 0.6) is 5.88 Å². The second kappa shape index (κ2) is 7.69. The van der Waals surface area contributed by atoms with Crippen LogP contribution in [0.1, 0.15) is 17.3 Å². The maximum Gasteiger partial charge on any atom is 0.330 e. The Morgan fingerprint density at radius 3 is 2.24 bits per heavy atom. The van der Waals surface area contributed by atoms with Gasteiger partial charge in [-0.1, -0.05) is 30.3 Å². The predicted molar refractivity (Wildman–Crippen MR) is 88.2 cm³/mol. The number of rotatable bonds is 6. The zero-order valence-corrected chi connectivity index (χ0v) is 14.2. The molecule has 1 heterocycles. The largest absolute Gasteiger partial charge is 0.493 e. The van der Waals surface area contributed by atoms with E-state index in [0.29, 0.717) is 0 Å². The molecule has 0 spiro atoms. The van der Waals surface area contributed by atoms with E-state index in [4.69, 9.17) is 9.47 Å². The molecule has 0 saturated carbocycles. The molecule has 2 rings (SSSR count). The second-order valence-corrected chi connectivity index (χ2v) is 5.54. The van der Waals surface area contributed by atoms with Gasteiger partial charge in [-0.2, -0.15) is 0 Å². The van der Waals surface area contributed by atoms with Crippen LogP contribution < -0.4 is 5.69 Å². The van der Waals surface area contributed by atoms with Crippen molar-refractivity contribution in [2.75, 3.05) is 14.2 Å². The predicted octanol–water partition coefficient (Wildman–Crippen LogP) is 0.936. The number of esters is 2. The van der Waals surface area contributed by atoms with Crippen molar-refractivity contribution in [2.45, 2.75) is 19.4 Å². The Labute approximate surface area is 144 Å². The van der Waals surface area contributed by atoms with E-state index in [1.54, 1.807) is 24.3 Å². The molecule has 134 valence electrons. The number of hydrogen-bond donors (Lipinski definition) is 2. The molecular weight excluding hydrogens is 328 g/mol. The van der Waals surface area contributed by atoms with Crippen molar-refractivity contribution < 1.29 is 24.2 Å². The van der Waals surface area contributed by atoms with E-state index in [1.165, 1.54) is 14.0 Å². The summed E-state index contributed by atoms with van der Waals surface area (Å²) in [5.74, 6) is -3.01. The molecule has 0 aliphatic rings. The van der Waals surface area contributed by atoms with Crippen molar-refractivity contribution in [3.63, 3.8) is 0 Å². The first-order chi connectivity index (χ1) is 11.9. The normalized spacial score (nSPS) is 13.1. The summed E-state index contributed by atoms with van der Waals surface area (Å²) < 4.78 is 10.4.